The molecule has 0 aromatic rings. The van der Waals surface area contributed by atoms with E-state index in [9.17, 15) is 4.79 Å². The summed E-state index contributed by atoms with van der Waals surface area (Å²) in [5, 5.41) is 11.7. The molecule has 0 saturated carbocycles. The van der Waals surface area contributed by atoms with Gasteiger partial charge in [-0.1, -0.05) is 6.92 Å². The predicted octanol–water partition coefficient (Wildman–Crippen LogP) is 0.282. The van der Waals surface area contributed by atoms with Gasteiger partial charge in [-0.15, -0.1) is 0 Å². The summed E-state index contributed by atoms with van der Waals surface area (Å²) in [4.78, 5) is 9.89. The fourth-order valence-electron chi connectivity index (χ4n) is 0.759. The Labute approximate surface area is 61.4 Å². The molecule has 3 heteroatoms. The zero-order valence-electron chi connectivity index (χ0n) is 6.50. The van der Waals surface area contributed by atoms with Crippen LogP contribution in [0.1, 0.15) is 26.7 Å². The zero-order chi connectivity index (χ0) is 7.98. The Morgan fingerprint density at radius 3 is 2.70 bits per heavy atom. The normalized spacial score (nSPS) is 15.9. The first kappa shape index (κ1) is 9.43. The molecular formula is C7H15NO2. The Bertz CT molecular complexity index is 95.6. The molecule has 0 heterocycles. The third kappa shape index (κ3) is 4.32. The van der Waals surface area contributed by atoms with Gasteiger partial charge in [-0.05, 0) is 19.8 Å². The zero-order valence-corrected chi connectivity index (χ0v) is 6.50. The molecular weight excluding hydrogens is 130 g/mol. The van der Waals surface area contributed by atoms with Crippen molar-refractivity contribution in [3.05, 3.63) is 0 Å². The molecule has 0 aliphatic heterocycles. The number of rotatable bonds is 5. The van der Waals surface area contributed by atoms with Crippen molar-refractivity contribution in [2.45, 2.75) is 38.8 Å². The molecule has 60 valence electrons. The van der Waals surface area contributed by atoms with Crippen LogP contribution in [0.2, 0.25) is 0 Å². The van der Waals surface area contributed by atoms with Crippen LogP contribution in [-0.2, 0) is 4.79 Å². The van der Waals surface area contributed by atoms with Crippen LogP contribution in [0.4, 0.5) is 0 Å². The van der Waals surface area contributed by atoms with Crippen LogP contribution >= 0.6 is 0 Å². The van der Waals surface area contributed by atoms with Gasteiger partial charge in [0.15, 0.2) is 0 Å². The van der Waals surface area contributed by atoms with E-state index in [1.165, 1.54) is 0 Å². The summed E-state index contributed by atoms with van der Waals surface area (Å²) in [6.07, 6.45) is 1.75. The second-order valence-electron chi connectivity index (χ2n) is 2.48. The van der Waals surface area contributed by atoms with Gasteiger partial charge in [0.05, 0.1) is 6.10 Å². The molecule has 1 amide bonds. The molecule has 0 aromatic heterocycles. The number of amides is 1. The Morgan fingerprint density at radius 1 is 1.70 bits per heavy atom. The van der Waals surface area contributed by atoms with E-state index >= 15 is 0 Å². The summed E-state index contributed by atoms with van der Waals surface area (Å²) in [7, 11) is 0. The summed E-state index contributed by atoms with van der Waals surface area (Å²) in [5.74, 6) is 0. The van der Waals surface area contributed by atoms with Crippen LogP contribution in [0.3, 0.4) is 0 Å². The number of aliphatic hydroxyl groups is 1. The van der Waals surface area contributed by atoms with Gasteiger partial charge in [0, 0.05) is 6.04 Å². The first-order valence-corrected chi connectivity index (χ1v) is 3.58. The lowest BCUT2D eigenvalue weighted by atomic mass is 10.1. The fourth-order valence-corrected chi connectivity index (χ4v) is 0.759. The fraction of sp³-hybridized carbons (Fsp3) is 0.857. The van der Waals surface area contributed by atoms with E-state index in [2.05, 4.69) is 5.32 Å². The number of hydrogen-bond acceptors (Lipinski definition) is 2. The van der Waals surface area contributed by atoms with Gasteiger partial charge in [-0.25, -0.2) is 0 Å². The number of hydrogen-bond donors (Lipinski definition) is 2. The Kier molecular flexibility index (Phi) is 4.94. The highest BCUT2D eigenvalue weighted by Crippen LogP contribution is 1.99. The molecule has 0 spiro atoms. The van der Waals surface area contributed by atoms with Crippen molar-refractivity contribution in [3.8, 4) is 0 Å². The van der Waals surface area contributed by atoms with Crippen molar-refractivity contribution in [3.63, 3.8) is 0 Å². The molecule has 2 unspecified atom stereocenters. The molecule has 0 rings (SSSR count). The molecule has 0 saturated heterocycles. The monoisotopic (exact) mass is 145 g/mol. The summed E-state index contributed by atoms with van der Waals surface area (Å²) in [6, 6.07) is 0.0763. The van der Waals surface area contributed by atoms with Gasteiger partial charge in [0.25, 0.3) is 0 Å². The highest BCUT2D eigenvalue weighted by atomic mass is 16.3. The maximum absolute atomic E-state index is 9.89. The van der Waals surface area contributed by atoms with Crippen molar-refractivity contribution >= 4 is 6.41 Å². The highest BCUT2D eigenvalue weighted by Gasteiger charge is 2.05. The smallest absolute Gasteiger partial charge is 0.207 e. The Hall–Kier alpha value is -0.570. The van der Waals surface area contributed by atoms with Crippen LogP contribution in [-0.4, -0.2) is 23.7 Å². The van der Waals surface area contributed by atoms with E-state index in [0.29, 0.717) is 12.8 Å². The molecule has 0 bridgehead atoms. The minimum atomic E-state index is -0.289. The highest BCUT2D eigenvalue weighted by molar-refractivity contribution is 5.46. The van der Waals surface area contributed by atoms with Crippen LogP contribution in [0.15, 0.2) is 0 Å². The summed E-state index contributed by atoms with van der Waals surface area (Å²) >= 11 is 0. The third-order valence-electron chi connectivity index (χ3n) is 1.45. The lowest BCUT2D eigenvalue weighted by Gasteiger charge is -2.13. The van der Waals surface area contributed by atoms with Crippen molar-refractivity contribution in [1.82, 2.24) is 5.32 Å². The molecule has 0 aliphatic carbocycles. The summed E-state index contributed by atoms with van der Waals surface area (Å²) < 4.78 is 0. The third-order valence-corrected chi connectivity index (χ3v) is 1.45. The van der Waals surface area contributed by atoms with Crippen molar-refractivity contribution < 1.29 is 9.90 Å². The van der Waals surface area contributed by atoms with Crippen LogP contribution < -0.4 is 5.32 Å². The SMILES string of the molecule is CCC(O)CC(C)NC=O. The van der Waals surface area contributed by atoms with Crippen molar-refractivity contribution in [2.75, 3.05) is 0 Å². The second-order valence-corrected chi connectivity index (χ2v) is 2.48. The maximum Gasteiger partial charge on any atom is 0.207 e. The van der Waals surface area contributed by atoms with E-state index < -0.39 is 0 Å². The predicted molar refractivity (Wildman–Crippen MR) is 39.6 cm³/mol. The number of aliphatic hydroxyl groups excluding tert-OH is 1. The van der Waals surface area contributed by atoms with E-state index in [-0.39, 0.29) is 12.1 Å². The van der Waals surface area contributed by atoms with Gasteiger partial charge < -0.3 is 10.4 Å². The lowest BCUT2D eigenvalue weighted by molar-refractivity contribution is -0.110. The Morgan fingerprint density at radius 2 is 2.30 bits per heavy atom. The molecule has 0 fully saturated rings. The van der Waals surface area contributed by atoms with Gasteiger partial charge in [0.1, 0.15) is 0 Å². The van der Waals surface area contributed by atoms with E-state index in [1.807, 2.05) is 13.8 Å². The van der Waals surface area contributed by atoms with E-state index in [0.717, 1.165) is 6.42 Å². The number of nitrogens with one attached hydrogen (secondary N) is 1. The molecule has 2 atom stereocenters. The van der Waals surface area contributed by atoms with Gasteiger partial charge in [0.2, 0.25) is 6.41 Å². The molecule has 3 nitrogen and oxygen atoms in total. The van der Waals surface area contributed by atoms with E-state index in [4.69, 9.17) is 5.11 Å². The van der Waals surface area contributed by atoms with Gasteiger partial charge in [-0.3, -0.25) is 4.79 Å². The lowest BCUT2D eigenvalue weighted by Crippen LogP contribution is -2.28. The second kappa shape index (κ2) is 5.23. The quantitative estimate of drug-likeness (QED) is 0.546. The van der Waals surface area contributed by atoms with Crippen LogP contribution in [0, 0.1) is 0 Å². The average Bonchev–Trinajstić information content (AvgIpc) is 1.88. The molecule has 10 heavy (non-hydrogen) atoms. The standard InChI is InChI=1S/C7H15NO2/c1-3-7(10)4-6(2)8-5-9/h5-7,10H,3-4H2,1-2H3,(H,8,9). The van der Waals surface area contributed by atoms with Crippen LogP contribution in [0.5, 0.6) is 0 Å². The minimum absolute atomic E-state index is 0.0763. The summed E-state index contributed by atoms with van der Waals surface area (Å²) in [5.41, 5.74) is 0. The van der Waals surface area contributed by atoms with Gasteiger partial charge >= 0.3 is 0 Å². The first-order chi connectivity index (χ1) is 4.70. The topological polar surface area (TPSA) is 49.3 Å². The molecule has 0 aliphatic rings. The molecule has 2 N–H and O–H groups in total. The maximum atomic E-state index is 9.89. The molecule has 0 radical (unpaired) electrons. The first-order valence-electron chi connectivity index (χ1n) is 3.58. The van der Waals surface area contributed by atoms with Crippen LogP contribution in [0.25, 0.3) is 0 Å². The van der Waals surface area contributed by atoms with Gasteiger partial charge in [-0.2, -0.15) is 0 Å². The Balaban J connectivity index is 3.35. The minimum Gasteiger partial charge on any atom is -0.393 e. The van der Waals surface area contributed by atoms with Crippen molar-refractivity contribution in [1.29, 1.82) is 0 Å². The number of carbonyl (C=O) groups is 1. The number of carbonyl (C=O) groups excluding carboxylic acids is 1. The summed E-state index contributed by atoms with van der Waals surface area (Å²) in [6.45, 7) is 3.78. The molecule has 0 aromatic carbocycles. The van der Waals surface area contributed by atoms with Crippen molar-refractivity contribution in [2.24, 2.45) is 0 Å². The van der Waals surface area contributed by atoms with E-state index in [1.54, 1.807) is 0 Å². The average molecular weight is 145 g/mol. The largest absolute Gasteiger partial charge is 0.393 e.